The average molecular weight is 382 g/mol. The number of piperidine rings is 1. The molecule has 0 atom stereocenters. The lowest BCUT2D eigenvalue weighted by Crippen LogP contribution is -2.59. The summed E-state index contributed by atoms with van der Waals surface area (Å²) >= 11 is 0. The van der Waals surface area contributed by atoms with E-state index in [1.165, 1.54) is 32.4 Å². The summed E-state index contributed by atoms with van der Waals surface area (Å²) in [5, 5.41) is 3.64. The molecule has 152 valence electrons. The fraction of sp³-hybridized carbons (Fsp3) is 0.714. The number of hydrogen-bond acceptors (Lipinski definition) is 4. The predicted molar refractivity (Wildman–Crippen MR) is 102 cm³/mol. The van der Waals surface area contributed by atoms with Crippen molar-refractivity contribution in [1.82, 2.24) is 10.2 Å². The zero-order chi connectivity index (χ0) is 19.3. The molecular formula is C21H32F2N2O2. The molecule has 1 aromatic carbocycles. The highest BCUT2D eigenvalue weighted by Crippen LogP contribution is 2.31. The molecule has 2 heterocycles. The fourth-order valence-corrected chi connectivity index (χ4v) is 4.58. The lowest BCUT2D eigenvalue weighted by atomic mass is 9.86. The molecule has 1 N–H and O–H groups in total. The molecule has 0 saturated carbocycles. The summed E-state index contributed by atoms with van der Waals surface area (Å²) in [5.74, 6) is 0.294. The molecule has 2 aliphatic heterocycles. The maximum Gasteiger partial charge on any atom is 0.387 e. The van der Waals surface area contributed by atoms with E-state index in [4.69, 9.17) is 4.74 Å². The average Bonchev–Trinajstić information content (AvgIpc) is 2.66. The van der Waals surface area contributed by atoms with Crippen LogP contribution in [0, 0.1) is 13.8 Å². The van der Waals surface area contributed by atoms with Crippen LogP contribution in [0.15, 0.2) is 12.1 Å². The molecule has 2 fully saturated rings. The number of alkyl halides is 2. The fourth-order valence-electron chi connectivity index (χ4n) is 4.58. The van der Waals surface area contributed by atoms with Crippen molar-refractivity contribution in [3.8, 4) is 5.75 Å². The molecule has 2 aliphatic rings. The topological polar surface area (TPSA) is 33.7 Å². The summed E-state index contributed by atoms with van der Waals surface area (Å²) in [6.07, 6.45) is 6.04. The van der Waals surface area contributed by atoms with Crippen LogP contribution in [0.1, 0.15) is 48.8 Å². The molecule has 1 aromatic rings. The summed E-state index contributed by atoms with van der Waals surface area (Å²) < 4.78 is 35.4. The Morgan fingerprint density at radius 2 is 1.74 bits per heavy atom. The van der Waals surface area contributed by atoms with Crippen LogP contribution < -0.4 is 10.1 Å². The Balaban J connectivity index is 1.63. The number of halogens is 2. The zero-order valence-corrected chi connectivity index (χ0v) is 16.5. The second kappa shape index (κ2) is 9.30. The van der Waals surface area contributed by atoms with Crippen LogP contribution in [0.2, 0.25) is 0 Å². The van der Waals surface area contributed by atoms with E-state index in [1.807, 2.05) is 26.0 Å². The maximum absolute atomic E-state index is 12.6. The van der Waals surface area contributed by atoms with Gasteiger partial charge in [-0.15, -0.1) is 0 Å². The van der Waals surface area contributed by atoms with Crippen LogP contribution in [0.25, 0.3) is 0 Å². The van der Waals surface area contributed by atoms with Gasteiger partial charge in [0.05, 0.1) is 0 Å². The first-order chi connectivity index (χ1) is 13.0. The lowest BCUT2D eigenvalue weighted by Gasteiger charge is -2.48. The molecule has 27 heavy (non-hydrogen) atoms. The molecule has 4 nitrogen and oxygen atoms in total. The van der Waals surface area contributed by atoms with Gasteiger partial charge in [0.25, 0.3) is 0 Å². The van der Waals surface area contributed by atoms with E-state index in [9.17, 15) is 8.78 Å². The third-order valence-electron chi connectivity index (χ3n) is 5.96. The summed E-state index contributed by atoms with van der Waals surface area (Å²) in [4.78, 5) is 2.67. The minimum absolute atomic E-state index is 0.182. The molecule has 0 unspecified atom stereocenters. The van der Waals surface area contributed by atoms with E-state index in [-0.39, 0.29) is 5.54 Å². The minimum atomic E-state index is -2.79. The SMILES string of the molecule is Cc1cc(CNCC2(N3CCCCC3)CCOCC2)cc(C)c1OC(F)F. The Labute approximate surface area is 161 Å². The van der Waals surface area contributed by atoms with Crippen molar-refractivity contribution >= 4 is 0 Å². The highest BCUT2D eigenvalue weighted by Gasteiger charge is 2.38. The van der Waals surface area contributed by atoms with E-state index in [0.29, 0.717) is 5.75 Å². The van der Waals surface area contributed by atoms with Crippen molar-refractivity contribution in [3.05, 3.63) is 28.8 Å². The van der Waals surface area contributed by atoms with Crippen molar-refractivity contribution < 1.29 is 18.3 Å². The highest BCUT2D eigenvalue weighted by molar-refractivity contribution is 5.43. The van der Waals surface area contributed by atoms with Crippen LogP contribution in [0.3, 0.4) is 0 Å². The number of nitrogens with one attached hydrogen (secondary N) is 1. The number of rotatable bonds is 7. The molecule has 0 bridgehead atoms. The largest absolute Gasteiger partial charge is 0.434 e. The molecule has 0 aliphatic carbocycles. The van der Waals surface area contributed by atoms with E-state index in [0.717, 1.165) is 55.8 Å². The van der Waals surface area contributed by atoms with Crippen molar-refractivity contribution in [2.75, 3.05) is 32.8 Å². The van der Waals surface area contributed by atoms with Crippen molar-refractivity contribution in [2.45, 2.75) is 64.6 Å². The van der Waals surface area contributed by atoms with Crippen molar-refractivity contribution in [1.29, 1.82) is 0 Å². The van der Waals surface area contributed by atoms with Gasteiger partial charge in [0.1, 0.15) is 5.75 Å². The van der Waals surface area contributed by atoms with Crippen molar-refractivity contribution in [2.24, 2.45) is 0 Å². The number of nitrogens with zero attached hydrogens (tertiary/aromatic N) is 1. The Kier molecular flexibility index (Phi) is 7.06. The molecule has 0 aromatic heterocycles. The maximum atomic E-state index is 12.6. The van der Waals surface area contributed by atoms with Gasteiger partial charge in [-0.2, -0.15) is 8.78 Å². The molecule has 0 spiro atoms. The van der Waals surface area contributed by atoms with Gasteiger partial charge in [0.2, 0.25) is 0 Å². The second-order valence-corrected chi connectivity index (χ2v) is 7.93. The van der Waals surface area contributed by atoms with Crippen LogP contribution in [0.5, 0.6) is 5.75 Å². The quantitative estimate of drug-likeness (QED) is 0.772. The van der Waals surface area contributed by atoms with E-state index in [2.05, 4.69) is 15.0 Å². The second-order valence-electron chi connectivity index (χ2n) is 7.93. The van der Waals surface area contributed by atoms with Crippen molar-refractivity contribution in [3.63, 3.8) is 0 Å². The monoisotopic (exact) mass is 382 g/mol. The number of aryl methyl sites for hydroxylation is 2. The molecule has 3 rings (SSSR count). The van der Waals surface area contributed by atoms with Gasteiger partial charge in [-0.25, -0.2) is 0 Å². The number of likely N-dealkylation sites (tertiary alicyclic amines) is 1. The molecule has 0 amide bonds. The minimum Gasteiger partial charge on any atom is -0.434 e. The Morgan fingerprint density at radius 1 is 1.11 bits per heavy atom. The standard InChI is InChI=1S/C21H32F2N2O2/c1-16-12-18(13-17(2)19(16)27-20(22)23)14-24-15-21(6-10-26-11-7-21)25-8-4-3-5-9-25/h12-13,20,24H,3-11,14-15H2,1-2H3. The van der Waals surface area contributed by atoms with Gasteiger partial charge < -0.3 is 14.8 Å². The van der Waals surface area contributed by atoms with Gasteiger partial charge in [-0.1, -0.05) is 18.6 Å². The van der Waals surface area contributed by atoms with E-state index < -0.39 is 6.61 Å². The molecule has 0 radical (unpaired) electrons. The smallest absolute Gasteiger partial charge is 0.387 e. The summed E-state index contributed by atoms with van der Waals surface area (Å²) in [6, 6.07) is 3.88. The van der Waals surface area contributed by atoms with Crippen LogP contribution in [-0.2, 0) is 11.3 Å². The predicted octanol–water partition coefficient (Wildman–Crippen LogP) is 4.03. The summed E-state index contributed by atoms with van der Waals surface area (Å²) in [6.45, 7) is 6.54. The number of benzene rings is 1. The first kappa shape index (κ1) is 20.5. The van der Waals surface area contributed by atoms with E-state index >= 15 is 0 Å². The number of ether oxygens (including phenoxy) is 2. The van der Waals surface area contributed by atoms with Gasteiger partial charge in [-0.3, -0.25) is 4.90 Å². The van der Waals surface area contributed by atoms with Crippen LogP contribution >= 0.6 is 0 Å². The molecule has 6 heteroatoms. The van der Waals surface area contributed by atoms with Gasteiger partial charge in [0.15, 0.2) is 0 Å². The Morgan fingerprint density at radius 3 is 2.33 bits per heavy atom. The number of hydrogen-bond donors (Lipinski definition) is 1. The van der Waals surface area contributed by atoms with Crippen LogP contribution in [-0.4, -0.2) is 49.9 Å². The molecular weight excluding hydrogens is 350 g/mol. The van der Waals surface area contributed by atoms with E-state index in [1.54, 1.807) is 0 Å². The van der Waals surface area contributed by atoms with Gasteiger partial charge in [0, 0.05) is 31.8 Å². The highest BCUT2D eigenvalue weighted by atomic mass is 19.3. The Hall–Kier alpha value is -1.24. The summed E-state index contributed by atoms with van der Waals surface area (Å²) in [5.41, 5.74) is 2.79. The van der Waals surface area contributed by atoms with Crippen LogP contribution in [0.4, 0.5) is 8.78 Å². The first-order valence-electron chi connectivity index (χ1n) is 10.1. The summed E-state index contributed by atoms with van der Waals surface area (Å²) in [7, 11) is 0. The zero-order valence-electron chi connectivity index (χ0n) is 16.5. The van der Waals surface area contributed by atoms with Gasteiger partial charge in [-0.05, 0) is 69.3 Å². The third kappa shape index (κ3) is 5.18. The Bertz CT molecular complexity index is 589. The van der Waals surface area contributed by atoms with Gasteiger partial charge >= 0.3 is 6.61 Å². The molecule has 2 saturated heterocycles. The third-order valence-corrected chi connectivity index (χ3v) is 5.96. The normalized spacial score (nSPS) is 20.8. The first-order valence-corrected chi connectivity index (χ1v) is 10.1. The lowest BCUT2D eigenvalue weighted by molar-refractivity contribution is -0.0507.